The maximum absolute atomic E-state index is 12.7. The molecule has 2 bridgehead atoms. The molecule has 25 heavy (non-hydrogen) atoms. The second-order valence-electron chi connectivity index (χ2n) is 8.62. The molecule has 6 nitrogen and oxygen atoms in total. The molecule has 1 unspecified atom stereocenters. The molecule has 0 aliphatic carbocycles. The topological polar surface area (TPSA) is 54.3 Å². The van der Waals surface area contributed by atoms with E-state index in [9.17, 15) is 4.79 Å². The van der Waals surface area contributed by atoms with Gasteiger partial charge in [-0.15, -0.1) is 11.7 Å². The van der Waals surface area contributed by atoms with Gasteiger partial charge in [-0.2, -0.15) is 0 Å². The molecule has 1 amide bonds. The van der Waals surface area contributed by atoms with Crippen LogP contribution < -0.4 is 0 Å². The highest BCUT2D eigenvalue weighted by Gasteiger charge is 2.44. The second kappa shape index (κ2) is 6.90. The van der Waals surface area contributed by atoms with Gasteiger partial charge in [-0.1, -0.05) is 32.1 Å². The molecule has 6 heteroatoms. The number of carbonyl (C=O) groups is 1. The first kappa shape index (κ1) is 18.1. The molecule has 3 aliphatic rings. The number of amides is 1. The van der Waals surface area contributed by atoms with Gasteiger partial charge >= 0.3 is 0 Å². The Balaban J connectivity index is 1.63. The number of aromatic nitrogens is 3. The summed E-state index contributed by atoms with van der Waals surface area (Å²) in [5, 5.41) is 8.65. The van der Waals surface area contributed by atoms with Gasteiger partial charge in [0.15, 0.2) is 0 Å². The minimum atomic E-state index is 0.0252. The highest BCUT2D eigenvalue weighted by atomic mass is 16.2. The standard InChI is InChI=1S/C19H31N5O/c1-6-8-22(5)18(25)16-12-23-9-7-14(16)10-15(23)11-24-13-17(20-21-24)19(2,3)4/h6,13-16H,1,7-12H2,2-5H3/t14-,15+,16-/m0/s1. The number of hydrogen-bond acceptors (Lipinski definition) is 4. The molecule has 138 valence electrons. The molecule has 0 saturated carbocycles. The molecule has 3 fully saturated rings. The van der Waals surface area contributed by atoms with Crippen LogP contribution in [0, 0.1) is 11.8 Å². The lowest BCUT2D eigenvalue weighted by atomic mass is 9.75. The average Bonchev–Trinajstić information content (AvgIpc) is 3.04. The van der Waals surface area contributed by atoms with Crippen molar-refractivity contribution in [1.29, 1.82) is 0 Å². The fraction of sp³-hybridized carbons (Fsp3) is 0.737. The first-order valence-electron chi connectivity index (χ1n) is 9.30. The molecule has 3 aliphatic heterocycles. The van der Waals surface area contributed by atoms with Crippen molar-refractivity contribution in [2.75, 3.05) is 26.7 Å². The van der Waals surface area contributed by atoms with Crippen molar-refractivity contribution in [1.82, 2.24) is 24.8 Å². The van der Waals surface area contributed by atoms with Crippen LogP contribution >= 0.6 is 0 Å². The maximum Gasteiger partial charge on any atom is 0.227 e. The van der Waals surface area contributed by atoms with E-state index in [0.29, 0.717) is 18.5 Å². The first-order valence-corrected chi connectivity index (χ1v) is 9.30. The zero-order chi connectivity index (χ0) is 18.2. The lowest BCUT2D eigenvalue weighted by Crippen LogP contribution is -2.58. The monoisotopic (exact) mass is 345 g/mol. The Labute approximate surface area is 150 Å². The number of likely N-dealkylation sites (N-methyl/N-ethyl adjacent to an activating group) is 1. The third kappa shape index (κ3) is 3.78. The Kier molecular flexibility index (Phi) is 5.00. The van der Waals surface area contributed by atoms with Crippen molar-refractivity contribution in [3.05, 3.63) is 24.5 Å². The molecule has 4 heterocycles. The highest BCUT2D eigenvalue weighted by Crippen LogP contribution is 2.37. The summed E-state index contributed by atoms with van der Waals surface area (Å²) < 4.78 is 1.98. The Hall–Kier alpha value is -1.69. The summed E-state index contributed by atoms with van der Waals surface area (Å²) in [6.07, 6.45) is 6.06. The maximum atomic E-state index is 12.7. The van der Waals surface area contributed by atoms with Crippen LogP contribution in [-0.4, -0.2) is 63.4 Å². The molecule has 3 saturated heterocycles. The van der Waals surface area contributed by atoms with Gasteiger partial charge in [-0.3, -0.25) is 14.4 Å². The van der Waals surface area contributed by atoms with Crippen LogP contribution in [0.25, 0.3) is 0 Å². The van der Waals surface area contributed by atoms with Crippen molar-refractivity contribution in [2.45, 2.75) is 51.6 Å². The lowest BCUT2D eigenvalue weighted by Gasteiger charge is -2.49. The van der Waals surface area contributed by atoms with Crippen LogP contribution in [0.15, 0.2) is 18.9 Å². The lowest BCUT2D eigenvalue weighted by molar-refractivity contribution is -0.142. The number of nitrogens with zero attached hydrogens (tertiary/aromatic N) is 5. The van der Waals surface area contributed by atoms with E-state index in [-0.39, 0.29) is 17.2 Å². The van der Waals surface area contributed by atoms with Gasteiger partial charge in [-0.25, -0.2) is 0 Å². The summed E-state index contributed by atoms with van der Waals surface area (Å²) >= 11 is 0. The van der Waals surface area contributed by atoms with Gasteiger partial charge in [0.05, 0.1) is 18.2 Å². The van der Waals surface area contributed by atoms with Crippen LogP contribution in [0.4, 0.5) is 0 Å². The fourth-order valence-electron chi connectivity index (χ4n) is 4.12. The molecule has 1 aromatic heterocycles. The van der Waals surface area contributed by atoms with E-state index in [2.05, 4.69) is 48.8 Å². The van der Waals surface area contributed by atoms with E-state index >= 15 is 0 Å². The molecule has 0 spiro atoms. The van der Waals surface area contributed by atoms with Gasteiger partial charge in [0.2, 0.25) is 5.91 Å². The van der Waals surface area contributed by atoms with Crippen LogP contribution in [0.2, 0.25) is 0 Å². The number of piperidine rings is 3. The Morgan fingerprint density at radius 1 is 1.48 bits per heavy atom. The van der Waals surface area contributed by atoms with Crippen molar-refractivity contribution in [2.24, 2.45) is 11.8 Å². The van der Waals surface area contributed by atoms with Gasteiger partial charge in [-0.05, 0) is 25.3 Å². The van der Waals surface area contributed by atoms with Gasteiger partial charge < -0.3 is 4.90 Å². The van der Waals surface area contributed by atoms with E-state index in [1.54, 1.807) is 6.08 Å². The van der Waals surface area contributed by atoms with Crippen LogP contribution in [-0.2, 0) is 16.8 Å². The third-order valence-corrected chi connectivity index (χ3v) is 5.68. The zero-order valence-electron chi connectivity index (χ0n) is 16.0. The smallest absolute Gasteiger partial charge is 0.227 e. The normalized spacial score (nSPS) is 28.8. The van der Waals surface area contributed by atoms with Crippen LogP contribution in [0.5, 0.6) is 0 Å². The minimum absolute atomic E-state index is 0.0252. The van der Waals surface area contributed by atoms with E-state index in [0.717, 1.165) is 38.2 Å². The average molecular weight is 345 g/mol. The van der Waals surface area contributed by atoms with Crippen molar-refractivity contribution in [3.8, 4) is 0 Å². The van der Waals surface area contributed by atoms with Gasteiger partial charge in [0.1, 0.15) is 0 Å². The van der Waals surface area contributed by atoms with E-state index in [4.69, 9.17) is 0 Å². The summed E-state index contributed by atoms with van der Waals surface area (Å²) in [7, 11) is 1.88. The van der Waals surface area contributed by atoms with Gasteiger partial charge in [0, 0.05) is 37.8 Å². The Bertz CT molecular complexity index is 632. The Morgan fingerprint density at radius 2 is 2.24 bits per heavy atom. The first-order chi connectivity index (χ1) is 11.8. The van der Waals surface area contributed by atoms with E-state index < -0.39 is 0 Å². The van der Waals surface area contributed by atoms with Crippen molar-refractivity contribution in [3.63, 3.8) is 0 Å². The summed E-state index contributed by atoms with van der Waals surface area (Å²) in [4.78, 5) is 17.0. The number of fused-ring (bicyclic) bond motifs is 3. The number of rotatable bonds is 5. The quantitative estimate of drug-likeness (QED) is 0.765. The van der Waals surface area contributed by atoms with Crippen molar-refractivity contribution >= 4 is 5.91 Å². The summed E-state index contributed by atoms with van der Waals surface area (Å²) in [5.41, 5.74) is 1.06. The second-order valence-corrected chi connectivity index (χ2v) is 8.62. The predicted octanol–water partition coefficient (Wildman–Crippen LogP) is 1.93. The van der Waals surface area contributed by atoms with E-state index in [1.807, 2.05) is 16.6 Å². The summed E-state index contributed by atoms with van der Waals surface area (Å²) in [6.45, 7) is 13.7. The van der Waals surface area contributed by atoms with Crippen LogP contribution in [0.3, 0.4) is 0 Å². The summed E-state index contributed by atoms with van der Waals surface area (Å²) in [6, 6.07) is 0.460. The van der Waals surface area contributed by atoms with Crippen molar-refractivity contribution < 1.29 is 4.79 Å². The Morgan fingerprint density at radius 3 is 2.80 bits per heavy atom. The molecule has 0 N–H and O–H groups in total. The molecule has 1 aromatic rings. The number of hydrogen-bond donors (Lipinski definition) is 0. The predicted molar refractivity (Wildman–Crippen MR) is 98.1 cm³/mol. The molecule has 4 rings (SSSR count). The summed E-state index contributed by atoms with van der Waals surface area (Å²) in [5.74, 6) is 0.889. The molecular weight excluding hydrogens is 314 g/mol. The highest BCUT2D eigenvalue weighted by molar-refractivity contribution is 5.79. The molecule has 0 radical (unpaired) electrons. The molecule has 0 aromatic carbocycles. The van der Waals surface area contributed by atoms with Gasteiger partial charge in [0.25, 0.3) is 0 Å². The van der Waals surface area contributed by atoms with E-state index in [1.165, 1.54) is 0 Å². The third-order valence-electron chi connectivity index (χ3n) is 5.68. The SMILES string of the molecule is C=CCN(C)C(=O)[C@H]1CN2CC[C@H]1C[C@@H]2Cn1cc(C(C)(C)C)nn1. The fourth-order valence-corrected chi connectivity index (χ4v) is 4.12. The van der Waals surface area contributed by atoms with Crippen LogP contribution in [0.1, 0.15) is 39.3 Å². The largest absolute Gasteiger partial charge is 0.342 e. The number of carbonyl (C=O) groups excluding carboxylic acids is 1. The minimum Gasteiger partial charge on any atom is -0.342 e. The molecule has 4 atom stereocenters. The zero-order valence-corrected chi connectivity index (χ0v) is 16.0. The molecular formula is C19H31N5O.